The summed E-state index contributed by atoms with van der Waals surface area (Å²) in [7, 11) is 0. The Hall–Kier alpha value is -2.05. The minimum atomic E-state index is -1.04. The van der Waals surface area contributed by atoms with Crippen molar-refractivity contribution in [2.45, 2.75) is 52.4 Å². The van der Waals surface area contributed by atoms with Crippen molar-refractivity contribution in [3.8, 4) is 0 Å². The van der Waals surface area contributed by atoms with Crippen molar-refractivity contribution in [3.05, 3.63) is 17.5 Å². The first-order chi connectivity index (χ1) is 9.19. The van der Waals surface area contributed by atoms with E-state index >= 15 is 0 Å². The molecule has 1 amide bonds. The molecule has 2 rings (SSSR count). The van der Waals surface area contributed by atoms with Gasteiger partial charge in [-0.05, 0) is 27.7 Å². The van der Waals surface area contributed by atoms with Gasteiger partial charge in [0.2, 0.25) is 0 Å². The van der Waals surface area contributed by atoms with E-state index in [1.165, 1.54) is 11.1 Å². The van der Waals surface area contributed by atoms with Crippen molar-refractivity contribution >= 4 is 12.1 Å². The molecule has 0 fully saturated rings. The van der Waals surface area contributed by atoms with Crippen LogP contribution >= 0.6 is 0 Å². The molecule has 1 atom stereocenters. The Balaban J connectivity index is 2.24. The maximum Gasteiger partial charge on any atom is 0.410 e. The number of rotatable bonds is 1. The minimum Gasteiger partial charge on any atom is -0.478 e. The summed E-state index contributed by atoms with van der Waals surface area (Å²) in [6, 6.07) is -0.0982. The lowest BCUT2D eigenvalue weighted by molar-refractivity contribution is 0.00878. The summed E-state index contributed by atoms with van der Waals surface area (Å²) < 4.78 is 6.98. The highest BCUT2D eigenvalue weighted by atomic mass is 16.6. The molecule has 0 bridgehead atoms. The number of carbonyl (C=O) groups excluding carboxylic acids is 1. The smallest absolute Gasteiger partial charge is 0.410 e. The van der Waals surface area contributed by atoms with Crippen molar-refractivity contribution in [2.24, 2.45) is 0 Å². The summed E-state index contributed by atoms with van der Waals surface area (Å²) >= 11 is 0. The topological polar surface area (TPSA) is 84.7 Å². The first-order valence-electron chi connectivity index (χ1n) is 6.46. The van der Waals surface area contributed by atoms with Crippen LogP contribution in [0.3, 0.4) is 0 Å². The quantitative estimate of drug-likeness (QED) is 0.847. The molecular formula is C13H19N3O4. The zero-order valence-electron chi connectivity index (χ0n) is 12.1. The van der Waals surface area contributed by atoms with Crippen LogP contribution in [0, 0.1) is 0 Å². The van der Waals surface area contributed by atoms with Gasteiger partial charge in [0, 0.05) is 0 Å². The van der Waals surface area contributed by atoms with E-state index in [0.717, 1.165) is 0 Å². The van der Waals surface area contributed by atoms with E-state index in [1.807, 2.05) is 6.92 Å². The second-order valence-electron chi connectivity index (χ2n) is 5.95. The molecule has 0 spiro atoms. The van der Waals surface area contributed by atoms with E-state index in [0.29, 0.717) is 12.2 Å². The molecule has 0 aliphatic carbocycles. The van der Waals surface area contributed by atoms with Crippen LogP contribution in [0.25, 0.3) is 0 Å². The van der Waals surface area contributed by atoms with Gasteiger partial charge in [0.1, 0.15) is 11.2 Å². The SMILES string of the molecule is CC1Cn2ncc(C(=O)O)c2CN1C(=O)OC(C)(C)C. The standard InChI is InChI=1S/C13H19N3O4/c1-8-6-16-10(9(5-14-16)11(17)18)7-15(8)12(19)20-13(2,3)4/h5,8H,6-7H2,1-4H3,(H,17,18). The fourth-order valence-electron chi connectivity index (χ4n) is 2.14. The molecule has 7 nitrogen and oxygen atoms in total. The third kappa shape index (κ3) is 2.76. The number of carboxylic acids is 1. The van der Waals surface area contributed by atoms with Gasteiger partial charge in [0.05, 0.1) is 31.0 Å². The highest BCUT2D eigenvalue weighted by Gasteiger charge is 2.33. The van der Waals surface area contributed by atoms with E-state index in [2.05, 4.69) is 5.10 Å². The van der Waals surface area contributed by atoms with E-state index < -0.39 is 17.7 Å². The Morgan fingerprint density at radius 1 is 1.45 bits per heavy atom. The Morgan fingerprint density at radius 3 is 2.65 bits per heavy atom. The van der Waals surface area contributed by atoms with Crippen molar-refractivity contribution in [1.82, 2.24) is 14.7 Å². The number of carboxylic acid groups (broad SMARTS) is 1. The first-order valence-corrected chi connectivity index (χ1v) is 6.46. The van der Waals surface area contributed by atoms with Crippen LogP contribution in [0.1, 0.15) is 43.7 Å². The Bertz CT molecular complexity index is 544. The van der Waals surface area contributed by atoms with Crippen LogP contribution in [0.5, 0.6) is 0 Å². The fourth-order valence-corrected chi connectivity index (χ4v) is 2.14. The molecule has 1 unspecified atom stereocenters. The lowest BCUT2D eigenvalue weighted by atomic mass is 10.1. The van der Waals surface area contributed by atoms with Gasteiger partial charge in [-0.3, -0.25) is 9.58 Å². The lowest BCUT2D eigenvalue weighted by Gasteiger charge is -2.35. The van der Waals surface area contributed by atoms with Crippen molar-refractivity contribution < 1.29 is 19.4 Å². The van der Waals surface area contributed by atoms with Crippen LogP contribution in [0.2, 0.25) is 0 Å². The third-order valence-electron chi connectivity index (χ3n) is 3.10. The average Bonchev–Trinajstić information content (AvgIpc) is 2.67. The fraction of sp³-hybridized carbons (Fsp3) is 0.615. The summed E-state index contributed by atoms with van der Waals surface area (Å²) in [4.78, 5) is 24.8. The molecule has 110 valence electrons. The highest BCUT2D eigenvalue weighted by Crippen LogP contribution is 2.22. The summed E-state index contributed by atoms with van der Waals surface area (Å²) in [6.45, 7) is 7.93. The van der Waals surface area contributed by atoms with Crippen molar-refractivity contribution in [3.63, 3.8) is 0 Å². The molecule has 20 heavy (non-hydrogen) atoms. The molecule has 0 saturated carbocycles. The number of ether oxygens (including phenoxy) is 1. The van der Waals surface area contributed by atoms with Crippen molar-refractivity contribution in [1.29, 1.82) is 0 Å². The van der Waals surface area contributed by atoms with Gasteiger partial charge < -0.3 is 9.84 Å². The molecule has 1 aromatic rings. The maximum absolute atomic E-state index is 12.2. The predicted octanol–water partition coefficient (Wildman–Crippen LogP) is 1.72. The number of carbonyl (C=O) groups is 2. The number of aromatic carboxylic acids is 1. The largest absolute Gasteiger partial charge is 0.478 e. The lowest BCUT2D eigenvalue weighted by Crippen LogP contribution is -2.47. The maximum atomic E-state index is 12.2. The number of hydrogen-bond acceptors (Lipinski definition) is 4. The van der Waals surface area contributed by atoms with Gasteiger partial charge in [-0.15, -0.1) is 0 Å². The monoisotopic (exact) mass is 281 g/mol. The molecule has 1 aromatic heterocycles. The zero-order valence-corrected chi connectivity index (χ0v) is 12.1. The van der Waals surface area contributed by atoms with Crippen LogP contribution in [0.4, 0.5) is 4.79 Å². The van der Waals surface area contributed by atoms with Crippen LogP contribution in [-0.4, -0.2) is 43.5 Å². The van der Waals surface area contributed by atoms with Gasteiger partial charge in [-0.25, -0.2) is 9.59 Å². The molecule has 0 saturated heterocycles. The van der Waals surface area contributed by atoms with Crippen LogP contribution in [-0.2, 0) is 17.8 Å². The van der Waals surface area contributed by atoms with Gasteiger partial charge in [0.25, 0.3) is 0 Å². The predicted molar refractivity (Wildman–Crippen MR) is 70.4 cm³/mol. The summed E-state index contributed by atoms with van der Waals surface area (Å²) in [6.07, 6.45) is 0.886. The van der Waals surface area contributed by atoms with E-state index in [1.54, 1.807) is 25.5 Å². The zero-order chi connectivity index (χ0) is 15.1. The van der Waals surface area contributed by atoms with E-state index in [4.69, 9.17) is 9.84 Å². The second-order valence-corrected chi connectivity index (χ2v) is 5.95. The summed E-state index contributed by atoms with van der Waals surface area (Å²) in [5, 5.41) is 13.2. The molecule has 1 aliphatic heterocycles. The minimum absolute atomic E-state index is 0.0982. The number of amides is 1. The van der Waals surface area contributed by atoms with Gasteiger partial charge in [0.15, 0.2) is 0 Å². The average molecular weight is 281 g/mol. The number of nitrogens with zero attached hydrogens (tertiary/aromatic N) is 3. The van der Waals surface area contributed by atoms with Crippen LogP contribution < -0.4 is 0 Å². The number of fused-ring (bicyclic) bond motifs is 1. The van der Waals surface area contributed by atoms with Crippen molar-refractivity contribution in [2.75, 3.05) is 0 Å². The molecule has 1 aliphatic rings. The Labute approximate surface area is 117 Å². The Morgan fingerprint density at radius 2 is 2.10 bits per heavy atom. The molecule has 2 heterocycles. The molecule has 0 radical (unpaired) electrons. The van der Waals surface area contributed by atoms with Gasteiger partial charge in [-0.1, -0.05) is 0 Å². The second kappa shape index (κ2) is 4.81. The van der Waals surface area contributed by atoms with Crippen LogP contribution in [0.15, 0.2) is 6.20 Å². The normalized spacial score (nSPS) is 18.6. The first kappa shape index (κ1) is 14.4. The highest BCUT2D eigenvalue weighted by molar-refractivity contribution is 5.88. The van der Waals surface area contributed by atoms with E-state index in [-0.39, 0.29) is 18.2 Å². The van der Waals surface area contributed by atoms with Gasteiger partial charge in [-0.2, -0.15) is 5.10 Å². The molecule has 7 heteroatoms. The number of hydrogen-bond donors (Lipinski definition) is 1. The van der Waals surface area contributed by atoms with Gasteiger partial charge >= 0.3 is 12.1 Å². The Kier molecular flexibility index (Phi) is 3.45. The molecular weight excluding hydrogens is 262 g/mol. The molecule has 1 N–H and O–H groups in total. The van der Waals surface area contributed by atoms with E-state index in [9.17, 15) is 9.59 Å². The third-order valence-corrected chi connectivity index (χ3v) is 3.10. The summed E-state index contributed by atoms with van der Waals surface area (Å²) in [5.74, 6) is -1.04. The number of aromatic nitrogens is 2. The molecule has 0 aromatic carbocycles. The summed E-state index contributed by atoms with van der Waals surface area (Å²) in [5.41, 5.74) is 0.0799.